The molecule has 1 unspecified atom stereocenters. The highest BCUT2D eigenvalue weighted by Crippen LogP contribution is 2.33. The number of aryl methyl sites for hydroxylation is 2. The molecular weight excluding hydrogens is 464 g/mol. The molecular formula is C26H26N4O4S. The summed E-state index contributed by atoms with van der Waals surface area (Å²) in [5, 5.41) is 8.29. The molecule has 1 N–H and O–H groups in total. The number of amides is 1. The summed E-state index contributed by atoms with van der Waals surface area (Å²) in [6.45, 7) is 3.75. The van der Waals surface area contributed by atoms with E-state index in [1.165, 1.54) is 0 Å². The monoisotopic (exact) mass is 490 g/mol. The largest absolute Gasteiger partial charge is 0.497 e. The molecule has 8 nitrogen and oxygen atoms in total. The number of rotatable bonds is 5. The van der Waals surface area contributed by atoms with Crippen molar-refractivity contribution in [1.82, 2.24) is 14.8 Å². The van der Waals surface area contributed by atoms with E-state index in [9.17, 15) is 13.2 Å². The zero-order valence-corrected chi connectivity index (χ0v) is 20.6. The highest BCUT2D eigenvalue weighted by Gasteiger charge is 2.32. The molecule has 180 valence electrons. The van der Waals surface area contributed by atoms with Crippen LogP contribution in [0.5, 0.6) is 5.75 Å². The van der Waals surface area contributed by atoms with E-state index >= 15 is 0 Å². The van der Waals surface area contributed by atoms with Gasteiger partial charge in [-0.25, -0.2) is 18.1 Å². The number of pyridine rings is 1. The maximum absolute atomic E-state index is 13.6. The van der Waals surface area contributed by atoms with Gasteiger partial charge in [0.1, 0.15) is 5.75 Å². The van der Waals surface area contributed by atoms with E-state index in [2.05, 4.69) is 10.4 Å². The molecule has 0 bridgehead atoms. The molecule has 2 aromatic carbocycles. The van der Waals surface area contributed by atoms with Crippen LogP contribution in [0.2, 0.25) is 0 Å². The second kappa shape index (κ2) is 8.81. The van der Waals surface area contributed by atoms with Crippen molar-refractivity contribution in [3.8, 4) is 17.0 Å². The first-order chi connectivity index (χ1) is 16.8. The van der Waals surface area contributed by atoms with Crippen LogP contribution in [0, 0.1) is 13.8 Å². The predicted octanol–water partition coefficient (Wildman–Crippen LogP) is 4.34. The van der Waals surface area contributed by atoms with Gasteiger partial charge in [-0.3, -0.25) is 4.79 Å². The number of sulfone groups is 1. The number of hydrogen-bond acceptors (Lipinski definition) is 6. The Kier molecular flexibility index (Phi) is 5.80. The van der Waals surface area contributed by atoms with E-state index in [0.717, 1.165) is 16.8 Å². The number of fused-ring (bicyclic) bond motifs is 1. The van der Waals surface area contributed by atoms with Crippen LogP contribution in [-0.4, -0.2) is 47.7 Å². The fourth-order valence-electron chi connectivity index (χ4n) is 4.55. The average Bonchev–Trinajstić information content (AvgIpc) is 3.38. The van der Waals surface area contributed by atoms with Crippen LogP contribution >= 0.6 is 0 Å². The van der Waals surface area contributed by atoms with E-state index in [0.29, 0.717) is 40.2 Å². The van der Waals surface area contributed by atoms with Gasteiger partial charge in [0, 0.05) is 11.3 Å². The minimum absolute atomic E-state index is 0.0129. The maximum atomic E-state index is 13.6. The van der Waals surface area contributed by atoms with Gasteiger partial charge in [0.05, 0.1) is 47.0 Å². The highest BCUT2D eigenvalue weighted by molar-refractivity contribution is 7.91. The minimum atomic E-state index is -3.13. The molecule has 5 rings (SSSR count). The Morgan fingerprint density at radius 1 is 1.11 bits per heavy atom. The molecule has 35 heavy (non-hydrogen) atoms. The third-order valence-corrected chi connectivity index (χ3v) is 8.14. The lowest BCUT2D eigenvalue weighted by atomic mass is 10.0. The van der Waals surface area contributed by atoms with Crippen molar-refractivity contribution in [2.24, 2.45) is 0 Å². The van der Waals surface area contributed by atoms with Crippen molar-refractivity contribution < 1.29 is 17.9 Å². The summed E-state index contributed by atoms with van der Waals surface area (Å²) in [5.41, 5.74) is 4.58. The lowest BCUT2D eigenvalue weighted by Crippen LogP contribution is -2.15. The number of aromatic nitrogens is 3. The summed E-state index contributed by atoms with van der Waals surface area (Å²) in [5.74, 6) is 0.521. The Balaban J connectivity index is 1.70. The maximum Gasteiger partial charge on any atom is 0.256 e. The molecule has 1 atom stereocenters. The Labute approximate surface area is 203 Å². The van der Waals surface area contributed by atoms with Gasteiger partial charge in [-0.15, -0.1) is 0 Å². The zero-order valence-electron chi connectivity index (χ0n) is 19.8. The molecule has 1 amide bonds. The van der Waals surface area contributed by atoms with Gasteiger partial charge in [0.25, 0.3) is 5.91 Å². The third-order valence-electron chi connectivity index (χ3n) is 6.39. The summed E-state index contributed by atoms with van der Waals surface area (Å²) in [6, 6.07) is 16.5. The second-order valence-electron chi connectivity index (χ2n) is 8.84. The number of benzene rings is 2. The lowest BCUT2D eigenvalue weighted by Gasteiger charge is -2.13. The molecule has 1 aliphatic rings. The van der Waals surface area contributed by atoms with Crippen molar-refractivity contribution in [2.75, 3.05) is 23.9 Å². The van der Waals surface area contributed by atoms with Gasteiger partial charge in [0.15, 0.2) is 15.5 Å². The van der Waals surface area contributed by atoms with E-state index in [-0.39, 0.29) is 23.5 Å². The molecule has 9 heteroatoms. The normalized spacial score (nSPS) is 16.9. The summed E-state index contributed by atoms with van der Waals surface area (Å²) < 4.78 is 31.4. The Morgan fingerprint density at radius 2 is 1.91 bits per heavy atom. The summed E-state index contributed by atoms with van der Waals surface area (Å²) in [7, 11) is -1.54. The molecule has 4 aromatic rings. The van der Waals surface area contributed by atoms with E-state index in [1.54, 1.807) is 17.9 Å². The molecule has 1 saturated heterocycles. The van der Waals surface area contributed by atoms with Crippen molar-refractivity contribution in [2.45, 2.75) is 26.3 Å². The van der Waals surface area contributed by atoms with Crippen LogP contribution in [0.4, 0.5) is 5.69 Å². The van der Waals surface area contributed by atoms with Crippen LogP contribution in [0.1, 0.15) is 34.1 Å². The Bertz CT molecular complexity index is 1560. The third kappa shape index (κ3) is 4.39. The molecule has 0 spiro atoms. The van der Waals surface area contributed by atoms with Gasteiger partial charge in [-0.2, -0.15) is 5.10 Å². The van der Waals surface area contributed by atoms with Gasteiger partial charge < -0.3 is 10.1 Å². The van der Waals surface area contributed by atoms with Crippen LogP contribution in [-0.2, 0) is 9.84 Å². The van der Waals surface area contributed by atoms with Gasteiger partial charge in [-0.1, -0.05) is 30.3 Å². The van der Waals surface area contributed by atoms with Gasteiger partial charge >= 0.3 is 0 Å². The summed E-state index contributed by atoms with van der Waals surface area (Å²) in [4.78, 5) is 18.4. The van der Waals surface area contributed by atoms with Crippen LogP contribution < -0.4 is 10.1 Å². The topological polar surface area (TPSA) is 103 Å². The van der Waals surface area contributed by atoms with Gasteiger partial charge in [-0.05, 0) is 50.1 Å². The van der Waals surface area contributed by atoms with Gasteiger partial charge in [0.2, 0.25) is 0 Å². The number of carbonyl (C=O) groups is 1. The number of hydrogen-bond donors (Lipinski definition) is 1. The zero-order chi connectivity index (χ0) is 24.7. The van der Waals surface area contributed by atoms with E-state index in [1.807, 2.05) is 62.4 Å². The van der Waals surface area contributed by atoms with Crippen molar-refractivity contribution >= 4 is 32.5 Å². The predicted molar refractivity (Wildman–Crippen MR) is 136 cm³/mol. The number of anilines is 1. The fraction of sp³-hybridized carbons (Fsp3) is 0.269. The summed E-state index contributed by atoms with van der Waals surface area (Å²) in [6.07, 6.45) is 0.467. The number of nitrogens with one attached hydrogen (secondary N) is 1. The molecule has 1 aliphatic heterocycles. The standard InChI is InChI=1S/C26H26N4O4S/c1-16-7-4-5-10-22(16)28-26(31)21-14-23(18-8-6-9-20(13-18)34-3)27-25-24(21)17(2)29-30(25)19-11-12-35(32,33)15-19/h4-10,13-14,19H,11-12,15H2,1-3H3,(H,28,31). The Morgan fingerprint density at radius 3 is 2.63 bits per heavy atom. The van der Waals surface area contributed by atoms with Crippen molar-refractivity contribution in [3.63, 3.8) is 0 Å². The Hall–Kier alpha value is -3.72. The number of para-hydroxylation sites is 1. The van der Waals surface area contributed by atoms with Crippen LogP contribution in [0.3, 0.4) is 0 Å². The summed E-state index contributed by atoms with van der Waals surface area (Å²) >= 11 is 0. The number of nitrogens with zero attached hydrogens (tertiary/aromatic N) is 3. The number of methoxy groups -OCH3 is 1. The van der Waals surface area contributed by atoms with Crippen LogP contribution in [0.25, 0.3) is 22.3 Å². The first-order valence-corrected chi connectivity index (χ1v) is 13.2. The first kappa shape index (κ1) is 23.0. The number of ether oxygens (including phenoxy) is 1. The van der Waals surface area contributed by atoms with Crippen LogP contribution in [0.15, 0.2) is 54.6 Å². The second-order valence-corrected chi connectivity index (χ2v) is 11.1. The molecule has 3 heterocycles. The molecule has 1 fully saturated rings. The fourth-order valence-corrected chi connectivity index (χ4v) is 6.24. The van der Waals surface area contributed by atoms with Crippen molar-refractivity contribution in [3.05, 3.63) is 71.4 Å². The molecule has 0 radical (unpaired) electrons. The first-order valence-electron chi connectivity index (χ1n) is 11.4. The quantitative estimate of drug-likeness (QED) is 0.447. The SMILES string of the molecule is COc1cccc(-c2cc(C(=O)Nc3ccccc3C)c3c(C)nn(C4CCS(=O)(=O)C4)c3n2)c1. The number of carbonyl (C=O) groups excluding carboxylic acids is 1. The molecule has 2 aromatic heterocycles. The smallest absolute Gasteiger partial charge is 0.256 e. The van der Waals surface area contributed by atoms with E-state index < -0.39 is 9.84 Å². The minimum Gasteiger partial charge on any atom is -0.497 e. The lowest BCUT2D eigenvalue weighted by molar-refractivity contribution is 0.102. The highest BCUT2D eigenvalue weighted by atomic mass is 32.2. The van der Waals surface area contributed by atoms with E-state index in [4.69, 9.17) is 9.72 Å². The molecule has 0 aliphatic carbocycles. The van der Waals surface area contributed by atoms with Crippen molar-refractivity contribution in [1.29, 1.82) is 0 Å². The average molecular weight is 491 g/mol. The molecule has 0 saturated carbocycles.